The van der Waals surface area contributed by atoms with Gasteiger partial charge in [0.1, 0.15) is 6.61 Å². The number of carbonyl (C=O) groups is 2. The second-order valence-corrected chi connectivity index (χ2v) is 7.43. The fourth-order valence-electron chi connectivity index (χ4n) is 3.70. The van der Waals surface area contributed by atoms with Crippen LogP contribution >= 0.6 is 15.9 Å². The molecule has 0 fully saturated rings. The molecule has 7 heteroatoms. The molecule has 0 N–H and O–H groups in total. The SMILES string of the molecule is COc1ccc([C@H]2CC(=O)N(c3ccc(Br)cc3)C3=C2C(=O)OC3)cc1OC. The van der Waals surface area contributed by atoms with Crippen molar-refractivity contribution in [1.29, 1.82) is 0 Å². The number of carbonyl (C=O) groups excluding carboxylic acids is 2. The molecule has 2 heterocycles. The lowest BCUT2D eigenvalue weighted by molar-refractivity contribution is -0.136. The standard InChI is InChI=1S/C21H18BrNO5/c1-26-17-8-3-12(9-18(17)27-2)15-10-19(24)23(14-6-4-13(22)5-7-14)16-11-28-21(25)20(15)16/h3-9,15H,10-11H2,1-2H3/t15-/m1/s1. The summed E-state index contributed by atoms with van der Waals surface area (Å²) in [6.07, 6.45) is 0.166. The highest BCUT2D eigenvalue weighted by molar-refractivity contribution is 9.10. The zero-order valence-electron chi connectivity index (χ0n) is 15.4. The Balaban J connectivity index is 1.80. The first-order chi connectivity index (χ1) is 13.5. The van der Waals surface area contributed by atoms with Gasteiger partial charge in [0.05, 0.1) is 25.5 Å². The van der Waals surface area contributed by atoms with Gasteiger partial charge in [0.15, 0.2) is 11.5 Å². The molecule has 0 unspecified atom stereocenters. The fraction of sp³-hybridized carbons (Fsp3) is 0.238. The van der Waals surface area contributed by atoms with Gasteiger partial charge in [0, 0.05) is 22.5 Å². The molecule has 0 radical (unpaired) electrons. The topological polar surface area (TPSA) is 65.1 Å². The molecule has 2 aromatic rings. The van der Waals surface area contributed by atoms with Crippen LogP contribution in [0.15, 0.2) is 58.2 Å². The summed E-state index contributed by atoms with van der Waals surface area (Å²) in [6.45, 7) is 0.0831. The van der Waals surface area contributed by atoms with Crippen LogP contribution in [0.2, 0.25) is 0 Å². The van der Waals surface area contributed by atoms with Gasteiger partial charge in [0.25, 0.3) is 0 Å². The number of anilines is 1. The van der Waals surface area contributed by atoms with Crippen LogP contribution in [-0.4, -0.2) is 32.7 Å². The van der Waals surface area contributed by atoms with Crippen molar-refractivity contribution in [2.75, 3.05) is 25.7 Å². The maximum atomic E-state index is 13.0. The molecule has 28 heavy (non-hydrogen) atoms. The van der Waals surface area contributed by atoms with Crippen LogP contribution in [0.3, 0.4) is 0 Å². The Kier molecular flexibility index (Phi) is 4.85. The highest BCUT2D eigenvalue weighted by atomic mass is 79.9. The molecule has 2 aliphatic rings. The van der Waals surface area contributed by atoms with Crippen molar-refractivity contribution in [3.63, 3.8) is 0 Å². The molecule has 0 aliphatic carbocycles. The van der Waals surface area contributed by atoms with Crippen LogP contribution in [0.25, 0.3) is 0 Å². The molecule has 4 rings (SSSR count). The number of methoxy groups -OCH3 is 2. The smallest absolute Gasteiger partial charge is 0.336 e. The van der Waals surface area contributed by atoms with Crippen molar-refractivity contribution >= 4 is 33.5 Å². The predicted octanol–water partition coefficient (Wildman–Crippen LogP) is 3.80. The Hall–Kier alpha value is -2.80. The minimum Gasteiger partial charge on any atom is -0.493 e. The lowest BCUT2D eigenvalue weighted by Crippen LogP contribution is -2.37. The van der Waals surface area contributed by atoms with Crippen LogP contribution in [0.4, 0.5) is 5.69 Å². The molecular formula is C21H18BrNO5. The van der Waals surface area contributed by atoms with E-state index in [-0.39, 0.29) is 30.8 Å². The van der Waals surface area contributed by atoms with Gasteiger partial charge in [-0.05, 0) is 42.0 Å². The van der Waals surface area contributed by atoms with Gasteiger partial charge in [-0.1, -0.05) is 22.0 Å². The third-order valence-corrected chi connectivity index (χ3v) is 5.54. The van der Waals surface area contributed by atoms with E-state index in [4.69, 9.17) is 14.2 Å². The van der Waals surface area contributed by atoms with Crippen molar-refractivity contribution in [2.24, 2.45) is 0 Å². The summed E-state index contributed by atoms with van der Waals surface area (Å²) in [6, 6.07) is 12.8. The van der Waals surface area contributed by atoms with E-state index in [1.165, 1.54) is 0 Å². The Morgan fingerprint density at radius 2 is 1.75 bits per heavy atom. The van der Waals surface area contributed by atoms with E-state index in [2.05, 4.69) is 15.9 Å². The summed E-state index contributed by atoms with van der Waals surface area (Å²) in [4.78, 5) is 27.2. The molecule has 0 spiro atoms. The number of ether oxygens (including phenoxy) is 3. The number of benzene rings is 2. The van der Waals surface area contributed by atoms with Crippen LogP contribution in [-0.2, 0) is 14.3 Å². The maximum Gasteiger partial charge on any atom is 0.336 e. The van der Waals surface area contributed by atoms with Gasteiger partial charge in [-0.2, -0.15) is 0 Å². The number of rotatable bonds is 4. The summed E-state index contributed by atoms with van der Waals surface area (Å²) < 4.78 is 16.9. The third-order valence-electron chi connectivity index (χ3n) is 5.01. The summed E-state index contributed by atoms with van der Waals surface area (Å²) >= 11 is 3.40. The average molecular weight is 444 g/mol. The molecule has 144 valence electrons. The molecule has 2 aromatic carbocycles. The summed E-state index contributed by atoms with van der Waals surface area (Å²) in [5, 5.41) is 0. The van der Waals surface area contributed by atoms with Gasteiger partial charge in [-0.25, -0.2) is 4.79 Å². The van der Waals surface area contributed by atoms with Crippen molar-refractivity contribution in [3.05, 3.63) is 63.8 Å². The summed E-state index contributed by atoms with van der Waals surface area (Å²) in [5.74, 6) is 0.289. The van der Waals surface area contributed by atoms with Crippen LogP contribution in [0.5, 0.6) is 11.5 Å². The number of cyclic esters (lactones) is 1. The Morgan fingerprint density at radius 1 is 1.04 bits per heavy atom. The Morgan fingerprint density at radius 3 is 2.43 bits per heavy atom. The molecule has 1 atom stereocenters. The van der Waals surface area contributed by atoms with Gasteiger partial charge >= 0.3 is 5.97 Å². The van der Waals surface area contributed by atoms with Crippen LogP contribution in [0.1, 0.15) is 17.9 Å². The molecular weight excluding hydrogens is 426 g/mol. The van der Waals surface area contributed by atoms with Crippen molar-refractivity contribution in [1.82, 2.24) is 0 Å². The number of hydrogen-bond donors (Lipinski definition) is 0. The monoisotopic (exact) mass is 443 g/mol. The lowest BCUT2D eigenvalue weighted by atomic mass is 9.84. The van der Waals surface area contributed by atoms with Crippen LogP contribution in [0, 0.1) is 0 Å². The van der Waals surface area contributed by atoms with Crippen LogP contribution < -0.4 is 14.4 Å². The van der Waals surface area contributed by atoms with E-state index in [0.29, 0.717) is 28.5 Å². The second-order valence-electron chi connectivity index (χ2n) is 6.51. The summed E-state index contributed by atoms with van der Waals surface area (Å²) in [5.41, 5.74) is 2.65. The number of halogens is 1. The zero-order chi connectivity index (χ0) is 19.8. The summed E-state index contributed by atoms with van der Waals surface area (Å²) in [7, 11) is 3.12. The first-order valence-electron chi connectivity index (χ1n) is 8.74. The molecule has 6 nitrogen and oxygen atoms in total. The molecule has 2 aliphatic heterocycles. The van der Waals surface area contributed by atoms with Crippen molar-refractivity contribution < 1.29 is 23.8 Å². The van der Waals surface area contributed by atoms with Crippen molar-refractivity contribution in [3.8, 4) is 11.5 Å². The normalized spacial score (nSPS) is 18.8. The third kappa shape index (κ3) is 3.05. The lowest BCUT2D eigenvalue weighted by Gasteiger charge is -2.32. The van der Waals surface area contributed by atoms with E-state index >= 15 is 0 Å². The highest BCUT2D eigenvalue weighted by Gasteiger charge is 2.43. The number of hydrogen-bond acceptors (Lipinski definition) is 5. The number of amides is 1. The van der Waals surface area contributed by atoms with E-state index in [1.54, 1.807) is 25.2 Å². The van der Waals surface area contributed by atoms with E-state index in [0.717, 1.165) is 10.0 Å². The van der Waals surface area contributed by atoms with Gasteiger partial charge < -0.3 is 14.2 Å². The van der Waals surface area contributed by atoms with Gasteiger partial charge in [-0.3, -0.25) is 9.69 Å². The fourth-order valence-corrected chi connectivity index (χ4v) is 3.96. The zero-order valence-corrected chi connectivity index (χ0v) is 17.0. The van der Waals surface area contributed by atoms with E-state index in [1.807, 2.05) is 36.4 Å². The Bertz CT molecular complexity index is 983. The molecule has 0 saturated heterocycles. The molecule has 1 amide bonds. The van der Waals surface area contributed by atoms with Crippen molar-refractivity contribution in [2.45, 2.75) is 12.3 Å². The highest BCUT2D eigenvalue weighted by Crippen LogP contribution is 2.43. The van der Waals surface area contributed by atoms with E-state index in [9.17, 15) is 9.59 Å². The number of nitrogens with zero attached hydrogens (tertiary/aromatic N) is 1. The predicted molar refractivity (Wildman–Crippen MR) is 107 cm³/mol. The van der Waals surface area contributed by atoms with Gasteiger partial charge in [-0.15, -0.1) is 0 Å². The largest absolute Gasteiger partial charge is 0.493 e. The minimum absolute atomic E-state index is 0.0831. The molecule has 0 bridgehead atoms. The average Bonchev–Trinajstić information content (AvgIpc) is 3.09. The second kappa shape index (κ2) is 7.31. The quantitative estimate of drug-likeness (QED) is 0.672. The van der Waals surface area contributed by atoms with E-state index < -0.39 is 0 Å². The Labute approximate surface area is 170 Å². The first kappa shape index (κ1) is 18.6. The molecule has 0 aromatic heterocycles. The van der Waals surface area contributed by atoms with Gasteiger partial charge in [0.2, 0.25) is 5.91 Å². The first-order valence-corrected chi connectivity index (χ1v) is 9.53. The maximum absolute atomic E-state index is 13.0. The minimum atomic E-state index is -0.385. The molecule has 0 saturated carbocycles. The number of esters is 1.